The number of carbonyl (C=O) groups is 1. The van der Waals surface area contributed by atoms with E-state index in [2.05, 4.69) is 59.9 Å². The molecule has 2 N–H and O–H groups in total. The van der Waals surface area contributed by atoms with Gasteiger partial charge in [0, 0.05) is 11.7 Å². The van der Waals surface area contributed by atoms with Crippen molar-refractivity contribution in [1.29, 1.82) is 0 Å². The summed E-state index contributed by atoms with van der Waals surface area (Å²) in [4.78, 5) is 12.7. The number of fused-ring (bicyclic) bond motifs is 1. The molecular weight excluding hydrogens is 407 g/mol. The van der Waals surface area contributed by atoms with Gasteiger partial charge >= 0.3 is 0 Å². The molecule has 2 aliphatic rings. The molecule has 4 unspecified atom stereocenters. The van der Waals surface area contributed by atoms with Gasteiger partial charge in [0.2, 0.25) is 5.91 Å². The summed E-state index contributed by atoms with van der Waals surface area (Å²) in [7, 11) is 0. The fourth-order valence-electron chi connectivity index (χ4n) is 4.71. The molecule has 0 bridgehead atoms. The minimum absolute atomic E-state index is 0. The van der Waals surface area contributed by atoms with E-state index in [0.29, 0.717) is 12.0 Å². The van der Waals surface area contributed by atoms with Crippen LogP contribution < -0.4 is 10.6 Å². The first-order valence-electron chi connectivity index (χ1n) is 10.2. The third kappa shape index (κ3) is 5.14. The molecule has 0 spiro atoms. The lowest BCUT2D eigenvalue weighted by molar-refractivity contribution is -0.123. The van der Waals surface area contributed by atoms with Gasteiger partial charge in [-0.2, -0.15) is 5.10 Å². The third-order valence-corrected chi connectivity index (χ3v) is 6.19. The van der Waals surface area contributed by atoms with Crippen molar-refractivity contribution in [2.75, 3.05) is 0 Å². The first kappa shape index (κ1) is 23.7. The van der Waals surface area contributed by atoms with Crippen molar-refractivity contribution in [2.24, 2.45) is 5.92 Å². The van der Waals surface area contributed by atoms with E-state index in [1.165, 1.54) is 25.7 Å². The second-order valence-corrected chi connectivity index (χ2v) is 8.27. The van der Waals surface area contributed by atoms with E-state index in [1.807, 2.05) is 11.6 Å². The average molecular weight is 439 g/mol. The molecule has 1 aliphatic heterocycles. The van der Waals surface area contributed by atoms with Crippen LogP contribution in [0.4, 0.5) is 0 Å². The second kappa shape index (κ2) is 9.96. The molecule has 160 valence electrons. The number of nitrogens with one attached hydrogen (secondary N) is 2. The number of halogens is 2. The standard InChI is InChI=1S/C22H30N4O.2ClH/c1-14-12-15(2)26(25-14)19-10-8-17(9-11-19)16(3)23-22(27)21-13-18-6-4-5-7-20(18)24-21;;/h8-12,16,18,20-21,24H,4-7,13H2,1-3H3,(H,23,27);2*1H. The Morgan fingerprint density at radius 2 is 1.86 bits per heavy atom. The molecule has 1 saturated heterocycles. The van der Waals surface area contributed by atoms with Crippen LogP contribution in [0.15, 0.2) is 30.3 Å². The maximum Gasteiger partial charge on any atom is 0.237 e. The Kier molecular flexibility index (Phi) is 8.15. The topological polar surface area (TPSA) is 59.0 Å². The molecule has 1 saturated carbocycles. The van der Waals surface area contributed by atoms with E-state index < -0.39 is 0 Å². The van der Waals surface area contributed by atoms with Gasteiger partial charge in [-0.15, -0.1) is 24.8 Å². The summed E-state index contributed by atoms with van der Waals surface area (Å²) in [6, 6.07) is 10.9. The van der Waals surface area contributed by atoms with E-state index in [1.54, 1.807) is 0 Å². The van der Waals surface area contributed by atoms with E-state index in [9.17, 15) is 4.79 Å². The number of nitrogens with zero attached hydrogens (tertiary/aromatic N) is 2. The van der Waals surface area contributed by atoms with Crippen molar-refractivity contribution in [2.45, 2.75) is 71.0 Å². The SMILES string of the molecule is Cc1cc(C)n(-c2ccc(C(C)NC(=O)C3CC4CCCCC4N3)cc2)n1.Cl.Cl. The van der Waals surface area contributed by atoms with Gasteiger partial charge in [-0.05, 0) is 69.7 Å². The smallest absolute Gasteiger partial charge is 0.237 e. The number of hydrogen-bond donors (Lipinski definition) is 2. The molecular formula is C22H32Cl2N4O. The van der Waals surface area contributed by atoms with Crippen molar-refractivity contribution in [1.82, 2.24) is 20.4 Å². The minimum atomic E-state index is -0.0328. The van der Waals surface area contributed by atoms with Crippen LogP contribution >= 0.6 is 24.8 Å². The molecule has 4 atom stereocenters. The predicted octanol–water partition coefficient (Wildman–Crippen LogP) is 4.43. The molecule has 2 fully saturated rings. The van der Waals surface area contributed by atoms with Gasteiger partial charge in [-0.3, -0.25) is 4.79 Å². The monoisotopic (exact) mass is 438 g/mol. The van der Waals surface area contributed by atoms with Gasteiger partial charge < -0.3 is 10.6 Å². The molecule has 1 aromatic heterocycles. The second-order valence-electron chi connectivity index (χ2n) is 8.27. The number of benzene rings is 1. The van der Waals surface area contributed by atoms with Crippen LogP contribution in [-0.4, -0.2) is 27.8 Å². The summed E-state index contributed by atoms with van der Waals surface area (Å²) in [6.45, 7) is 6.11. The fraction of sp³-hybridized carbons (Fsp3) is 0.545. The number of carbonyl (C=O) groups excluding carboxylic acids is 1. The summed E-state index contributed by atoms with van der Waals surface area (Å²) in [5.74, 6) is 0.823. The van der Waals surface area contributed by atoms with Gasteiger partial charge in [0.1, 0.15) is 0 Å². The Morgan fingerprint density at radius 3 is 2.48 bits per heavy atom. The van der Waals surface area contributed by atoms with E-state index in [0.717, 1.165) is 29.1 Å². The van der Waals surface area contributed by atoms with Gasteiger partial charge in [-0.1, -0.05) is 25.0 Å². The molecule has 1 aliphatic carbocycles. The van der Waals surface area contributed by atoms with Crippen LogP contribution in [0.5, 0.6) is 0 Å². The largest absolute Gasteiger partial charge is 0.348 e. The molecule has 29 heavy (non-hydrogen) atoms. The van der Waals surface area contributed by atoms with Crippen LogP contribution in [-0.2, 0) is 4.79 Å². The molecule has 5 nitrogen and oxygen atoms in total. The Morgan fingerprint density at radius 1 is 1.17 bits per heavy atom. The number of amides is 1. The Labute approximate surface area is 185 Å². The molecule has 0 radical (unpaired) electrons. The maximum atomic E-state index is 12.7. The highest BCUT2D eigenvalue weighted by Gasteiger charge is 2.38. The van der Waals surface area contributed by atoms with Crippen LogP contribution in [0.1, 0.15) is 62.0 Å². The number of rotatable bonds is 4. The van der Waals surface area contributed by atoms with Crippen LogP contribution in [0, 0.1) is 19.8 Å². The highest BCUT2D eigenvalue weighted by atomic mass is 35.5. The van der Waals surface area contributed by atoms with E-state index >= 15 is 0 Å². The zero-order chi connectivity index (χ0) is 19.0. The summed E-state index contributed by atoms with van der Waals surface area (Å²) < 4.78 is 1.95. The van der Waals surface area contributed by atoms with E-state index in [4.69, 9.17) is 0 Å². The summed E-state index contributed by atoms with van der Waals surface area (Å²) >= 11 is 0. The minimum Gasteiger partial charge on any atom is -0.348 e. The molecule has 2 heterocycles. The normalized spacial score (nSPS) is 24.0. The Hall–Kier alpha value is -1.56. The van der Waals surface area contributed by atoms with Crippen LogP contribution in [0.3, 0.4) is 0 Å². The first-order chi connectivity index (χ1) is 13.0. The average Bonchev–Trinajstić information content (AvgIpc) is 3.24. The fourth-order valence-corrected chi connectivity index (χ4v) is 4.71. The van der Waals surface area contributed by atoms with Gasteiger partial charge in [0.25, 0.3) is 0 Å². The highest BCUT2D eigenvalue weighted by Crippen LogP contribution is 2.33. The van der Waals surface area contributed by atoms with Crippen molar-refractivity contribution >= 4 is 30.7 Å². The lowest BCUT2D eigenvalue weighted by Gasteiger charge is -2.24. The zero-order valence-electron chi connectivity index (χ0n) is 17.4. The van der Waals surface area contributed by atoms with Crippen LogP contribution in [0.2, 0.25) is 0 Å². The van der Waals surface area contributed by atoms with Crippen LogP contribution in [0.25, 0.3) is 5.69 Å². The van der Waals surface area contributed by atoms with Crippen molar-refractivity contribution in [3.05, 3.63) is 47.3 Å². The van der Waals surface area contributed by atoms with Gasteiger partial charge in [0.15, 0.2) is 0 Å². The van der Waals surface area contributed by atoms with E-state index in [-0.39, 0.29) is 42.8 Å². The number of hydrogen-bond acceptors (Lipinski definition) is 3. The summed E-state index contributed by atoms with van der Waals surface area (Å²) in [5.41, 5.74) is 4.30. The molecule has 1 amide bonds. The van der Waals surface area contributed by atoms with Gasteiger partial charge in [-0.25, -0.2) is 4.68 Å². The Balaban J connectivity index is 0.00000150. The van der Waals surface area contributed by atoms with Crippen molar-refractivity contribution < 1.29 is 4.79 Å². The Bertz CT molecular complexity index is 807. The highest BCUT2D eigenvalue weighted by molar-refractivity contribution is 5.85. The summed E-state index contributed by atoms with van der Waals surface area (Å²) in [5, 5.41) is 11.3. The molecule has 2 aromatic rings. The third-order valence-electron chi connectivity index (χ3n) is 6.19. The molecule has 1 aromatic carbocycles. The lowest BCUT2D eigenvalue weighted by atomic mass is 9.85. The van der Waals surface area contributed by atoms with Crippen molar-refractivity contribution in [3.8, 4) is 5.69 Å². The first-order valence-corrected chi connectivity index (χ1v) is 10.2. The lowest BCUT2D eigenvalue weighted by Crippen LogP contribution is -2.43. The summed E-state index contributed by atoms with van der Waals surface area (Å²) in [6.07, 6.45) is 6.08. The molecule has 4 rings (SSSR count). The maximum absolute atomic E-state index is 12.7. The van der Waals surface area contributed by atoms with Gasteiger partial charge in [0.05, 0.1) is 23.5 Å². The number of aryl methyl sites for hydroxylation is 2. The number of aromatic nitrogens is 2. The van der Waals surface area contributed by atoms with Crippen molar-refractivity contribution in [3.63, 3.8) is 0 Å². The quantitative estimate of drug-likeness (QED) is 0.741. The molecule has 7 heteroatoms. The predicted molar refractivity (Wildman–Crippen MR) is 121 cm³/mol. The zero-order valence-corrected chi connectivity index (χ0v) is 19.0.